The van der Waals surface area contributed by atoms with Gasteiger partial charge in [0.1, 0.15) is 0 Å². The van der Waals surface area contributed by atoms with Gasteiger partial charge in [0.2, 0.25) is 0 Å². The van der Waals surface area contributed by atoms with E-state index in [-0.39, 0.29) is 0 Å². The van der Waals surface area contributed by atoms with E-state index in [0.717, 1.165) is 30.6 Å². The monoisotopic (exact) mass is 266 g/mol. The zero-order valence-electron chi connectivity index (χ0n) is 10.9. The number of likely N-dealkylation sites (N-methyl/N-ethyl adjacent to an activating group) is 1. The van der Waals surface area contributed by atoms with Gasteiger partial charge in [-0.15, -0.1) is 0 Å². The molecule has 0 amide bonds. The van der Waals surface area contributed by atoms with Gasteiger partial charge in [0, 0.05) is 35.4 Å². The predicted molar refractivity (Wildman–Crippen MR) is 75.8 cm³/mol. The SMILES string of the molecule is CN(C)CC1CCCN1c1cc(Cl)ccc1C=O. The standard InChI is InChI=1S/C14H19ClN2O/c1-16(2)9-13-4-3-7-17(13)14-8-12(15)6-5-11(14)10-18/h5-6,8,10,13H,3-4,7,9H2,1-2H3. The fraction of sp³-hybridized carbons (Fsp3) is 0.500. The Bertz CT molecular complexity index is 434. The van der Waals surface area contributed by atoms with Crippen LogP contribution in [0.4, 0.5) is 5.69 Å². The fourth-order valence-electron chi connectivity index (χ4n) is 2.63. The van der Waals surface area contributed by atoms with Gasteiger partial charge >= 0.3 is 0 Å². The van der Waals surface area contributed by atoms with Crippen LogP contribution in [0.3, 0.4) is 0 Å². The number of halogens is 1. The van der Waals surface area contributed by atoms with Gasteiger partial charge in [-0.05, 0) is 45.1 Å². The molecule has 1 aromatic carbocycles. The normalized spacial score (nSPS) is 19.6. The Morgan fingerprint density at radius 2 is 2.28 bits per heavy atom. The molecule has 4 heteroatoms. The molecule has 3 nitrogen and oxygen atoms in total. The third-order valence-electron chi connectivity index (χ3n) is 3.38. The van der Waals surface area contributed by atoms with E-state index >= 15 is 0 Å². The maximum Gasteiger partial charge on any atom is 0.152 e. The topological polar surface area (TPSA) is 23.6 Å². The fourth-order valence-corrected chi connectivity index (χ4v) is 2.80. The van der Waals surface area contributed by atoms with E-state index in [4.69, 9.17) is 11.6 Å². The van der Waals surface area contributed by atoms with Gasteiger partial charge in [-0.3, -0.25) is 4.79 Å². The van der Waals surface area contributed by atoms with Gasteiger partial charge in [0.25, 0.3) is 0 Å². The largest absolute Gasteiger partial charge is 0.367 e. The zero-order valence-corrected chi connectivity index (χ0v) is 11.7. The lowest BCUT2D eigenvalue weighted by Gasteiger charge is -2.30. The molecule has 1 saturated heterocycles. The van der Waals surface area contributed by atoms with Crippen molar-refractivity contribution in [1.82, 2.24) is 4.90 Å². The number of carbonyl (C=O) groups is 1. The van der Waals surface area contributed by atoms with Crippen LogP contribution in [0.2, 0.25) is 5.02 Å². The number of aldehydes is 1. The van der Waals surface area contributed by atoms with Crippen LogP contribution in [-0.4, -0.2) is 44.4 Å². The minimum atomic E-state index is 0.470. The molecule has 18 heavy (non-hydrogen) atoms. The lowest BCUT2D eigenvalue weighted by atomic mass is 10.1. The Hall–Kier alpha value is -1.06. The summed E-state index contributed by atoms with van der Waals surface area (Å²) in [6, 6.07) is 5.94. The Kier molecular flexibility index (Phi) is 4.25. The molecule has 0 spiro atoms. The molecule has 0 aromatic heterocycles. The van der Waals surface area contributed by atoms with Crippen LogP contribution in [0.5, 0.6) is 0 Å². The molecule has 98 valence electrons. The zero-order chi connectivity index (χ0) is 13.1. The number of nitrogens with zero attached hydrogens (tertiary/aromatic N) is 2. The highest BCUT2D eigenvalue weighted by molar-refractivity contribution is 6.31. The van der Waals surface area contributed by atoms with Crippen LogP contribution in [0.1, 0.15) is 23.2 Å². The van der Waals surface area contributed by atoms with Crippen molar-refractivity contribution in [3.63, 3.8) is 0 Å². The molecule has 1 atom stereocenters. The molecule has 1 unspecified atom stereocenters. The Morgan fingerprint density at radius 3 is 2.94 bits per heavy atom. The molecule has 0 N–H and O–H groups in total. The van der Waals surface area contributed by atoms with Gasteiger partial charge in [0.05, 0.1) is 0 Å². The van der Waals surface area contributed by atoms with Crippen LogP contribution in [0, 0.1) is 0 Å². The summed E-state index contributed by atoms with van der Waals surface area (Å²) >= 11 is 6.05. The van der Waals surface area contributed by atoms with Crippen molar-refractivity contribution in [3.8, 4) is 0 Å². The summed E-state index contributed by atoms with van der Waals surface area (Å²) < 4.78 is 0. The summed E-state index contributed by atoms with van der Waals surface area (Å²) in [6.45, 7) is 2.00. The number of hydrogen-bond donors (Lipinski definition) is 0. The van der Waals surface area contributed by atoms with E-state index < -0.39 is 0 Å². The van der Waals surface area contributed by atoms with Gasteiger partial charge in [-0.2, -0.15) is 0 Å². The van der Waals surface area contributed by atoms with Crippen molar-refractivity contribution >= 4 is 23.6 Å². The van der Waals surface area contributed by atoms with Gasteiger partial charge in [0.15, 0.2) is 6.29 Å². The number of anilines is 1. The Labute approximate surface area is 113 Å². The van der Waals surface area contributed by atoms with Crippen LogP contribution in [0.15, 0.2) is 18.2 Å². The molecular weight excluding hydrogens is 248 g/mol. The molecular formula is C14H19ClN2O. The van der Waals surface area contributed by atoms with Crippen molar-refractivity contribution in [2.24, 2.45) is 0 Å². The molecule has 2 rings (SSSR count). The summed E-state index contributed by atoms with van der Waals surface area (Å²) in [4.78, 5) is 15.6. The van der Waals surface area contributed by atoms with Crippen molar-refractivity contribution < 1.29 is 4.79 Å². The van der Waals surface area contributed by atoms with E-state index in [1.54, 1.807) is 12.1 Å². The summed E-state index contributed by atoms with van der Waals surface area (Å²) in [5.74, 6) is 0. The highest BCUT2D eigenvalue weighted by Gasteiger charge is 2.26. The van der Waals surface area contributed by atoms with Crippen molar-refractivity contribution in [1.29, 1.82) is 0 Å². The van der Waals surface area contributed by atoms with Crippen molar-refractivity contribution in [2.75, 3.05) is 32.1 Å². The minimum Gasteiger partial charge on any atom is -0.367 e. The van der Waals surface area contributed by atoms with Gasteiger partial charge in [-0.1, -0.05) is 11.6 Å². The highest BCUT2D eigenvalue weighted by Crippen LogP contribution is 2.30. The van der Waals surface area contributed by atoms with Crippen LogP contribution in [0.25, 0.3) is 0 Å². The molecule has 0 saturated carbocycles. The van der Waals surface area contributed by atoms with E-state index in [9.17, 15) is 4.79 Å². The Balaban J connectivity index is 2.29. The molecule has 0 bridgehead atoms. The third-order valence-corrected chi connectivity index (χ3v) is 3.62. The van der Waals surface area contributed by atoms with Crippen molar-refractivity contribution in [3.05, 3.63) is 28.8 Å². The summed E-state index contributed by atoms with van der Waals surface area (Å²) in [7, 11) is 4.16. The predicted octanol–water partition coefficient (Wildman–Crippen LogP) is 2.68. The van der Waals surface area contributed by atoms with E-state index in [0.29, 0.717) is 11.1 Å². The number of rotatable bonds is 4. The molecule has 0 radical (unpaired) electrons. The molecule has 1 fully saturated rings. The molecule has 0 aliphatic carbocycles. The summed E-state index contributed by atoms with van der Waals surface area (Å²) in [5.41, 5.74) is 1.70. The maximum absolute atomic E-state index is 11.1. The highest BCUT2D eigenvalue weighted by atomic mass is 35.5. The second-order valence-electron chi connectivity index (χ2n) is 5.07. The molecule has 1 aliphatic heterocycles. The number of hydrogen-bond acceptors (Lipinski definition) is 3. The summed E-state index contributed by atoms with van der Waals surface area (Å²) in [5, 5.41) is 0.686. The minimum absolute atomic E-state index is 0.470. The maximum atomic E-state index is 11.1. The van der Waals surface area contributed by atoms with Gasteiger partial charge < -0.3 is 9.80 Å². The first-order valence-electron chi connectivity index (χ1n) is 6.28. The smallest absolute Gasteiger partial charge is 0.152 e. The molecule has 1 heterocycles. The summed E-state index contributed by atoms with van der Waals surface area (Å²) in [6.07, 6.45) is 3.25. The average molecular weight is 267 g/mol. The average Bonchev–Trinajstić information content (AvgIpc) is 2.76. The lowest BCUT2D eigenvalue weighted by Crippen LogP contribution is -2.38. The van der Waals surface area contributed by atoms with Gasteiger partial charge in [-0.25, -0.2) is 0 Å². The Morgan fingerprint density at radius 1 is 1.50 bits per heavy atom. The van der Waals surface area contributed by atoms with Crippen LogP contribution in [-0.2, 0) is 0 Å². The molecule has 1 aliphatic rings. The second kappa shape index (κ2) is 5.72. The number of benzene rings is 1. The van der Waals surface area contributed by atoms with Crippen molar-refractivity contribution in [2.45, 2.75) is 18.9 Å². The first-order valence-corrected chi connectivity index (χ1v) is 6.65. The second-order valence-corrected chi connectivity index (χ2v) is 5.51. The molecule has 1 aromatic rings. The quantitative estimate of drug-likeness (QED) is 0.783. The lowest BCUT2D eigenvalue weighted by molar-refractivity contribution is 0.112. The first kappa shape index (κ1) is 13.4. The van der Waals surface area contributed by atoms with E-state index in [1.807, 2.05) is 6.07 Å². The van der Waals surface area contributed by atoms with E-state index in [1.165, 1.54) is 12.8 Å². The van der Waals surface area contributed by atoms with E-state index in [2.05, 4.69) is 23.9 Å². The third kappa shape index (κ3) is 2.85. The van der Waals surface area contributed by atoms with Crippen LogP contribution < -0.4 is 4.90 Å². The number of carbonyl (C=O) groups excluding carboxylic acids is 1. The first-order chi connectivity index (χ1) is 8.61. The van der Waals surface area contributed by atoms with Crippen LogP contribution >= 0.6 is 11.6 Å².